The average Bonchev–Trinajstić information content (AvgIpc) is 2.93. The number of nitrogens with zero attached hydrogens (tertiary/aromatic N) is 2. The third-order valence-electron chi connectivity index (χ3n) is 2.78. The Labute approximate surface area is 126 Å². The normalized spacial score (nSPS) is 10.5. The smallest absolute Gasteiger partial charge is 0.216 e. The van der Waals surface area contributed by atoms with Crippen molar-refractivity contribution in [3.05, 3.63) is 60.2 Å². The van der Waals surface area contributed by atoms with Crippen LogP contribution in [0.15, 0.2) is 59.8 Å². The van der Waals surface area contributed by atoms with Crippen molar-refractivity contribution in [2.24, 2.45) is 0 Å². The Kier molecular flexibility index (Phi) is 4.07. The molecule has 3 aromatic rings. The molecule has 0 atom stereocenters. The molecular weight excluding hydrogens is 284 g/mol. The van der Waals surface area contributed by atoms with Gasteiger partial charge in [0.15, 0.2) is 0 Å². The number of aromatic nitrogens is 3. The number of nitrogen functional groups attached to an aromatic ring is 1. The van der Waals surface area contributed by atoms with E-state index in [0.29, 0.717) is 16.9 Å². The second-order valence-electron chi connectivity index (χ2n) is 4.31. The van der Waals surface area contributed by atoms with Gasteiger partial charge in [0.05, 0.1) is 0 Å². The van der Waals surface area contributed by atoms with E-state index in [1.807, 2.05) is 54.6 Å². The van der Waals surface area contributed by atoms with Crippen LogP contribution in [-0.4, -0.2) is 15.2 Å². The Morgan fingerprint density at radius 3 is 2.57 bits per heavy atom. The number of hydrogen-bond acceptors (Lipinski definition) is 5. The zero-order valence-corrected chi connectivity index (χ0v) is 12.0. The van der Waals surface area contributed by atoms with E-state index >= 15 is 0 Å². The molecule has 3 rings (SSSR count). The summed E-state index contributed by atoms with van der Waals surface area (Å²) in [4.78, 5) is 4.07. The summed E-state index contributed by atoms with van der Waals surface area (Å²) >= 11 is 1.51. The number of hydrogen-bond donors (Lipinski definition) is 2. The molecule has 3 N–H and O–H groups in total. The summed E-state index contributed by atoms with van der Waals surface area (Å²) in [5, 5.41) is 7.26. The molecule has 0 radical (unpaired) electrons. The zero-order valence-electron chi connectivity index (χ0n) is 11.2. The van der Waals surface area contributed by atoms with E-state index in [4.69, 9.17) is 10.5 Å². The summed E-state index contributed by atoms with van der Waals surface area (Å²) in [6.07, 6.45) is 0. The number of H-pyrrole nitrogens is 1. The van der Waals surface area contributed by atoms with Crippen molar-refractivity contribution in [2.75, 3.05) is 5.73 Å². The van der Waals surface area contributed by atoms with E-state index in [1.54, 1.807) is 0 Å². The van der Waals surface area contributed by atoms with Gasteiger partial charge in [-0.05, 0) is 18.2 Å². The van der Waals surface area contributed by atoms with Crippen molar-refractivity contribution in [3.63, 3.8) is 0 Å². The van der Waals surface area contributed by atoms with Crippen molar-refractivity contribution < 1.29 is 4.74 Å². The summed E-state index contributed by atoms with van der Waals surface area (Å²) in [5.74, 6) is 2.68. The average molecular weight is 298 g/mol. The number of para-hydroxylation sites is 2. The van der Waals surface area contributed by atoms with E-state index in [-0.39, 0.29) is 0 Å². The molecule has 0 amide bonds. The third-order valence-corrected chi connectivity index (χ3v) is 3.68. The number of rotatable bonds is 5. The number of ether oxygens (including phenoxy) is 1. The first-order valence-corrected chi connectivity index (χ1v) is 7.41. The second-order valence-corrected chi connectivity index (χ2v) is 5.26. The Balaban J connectivity index is 1.73. The predicted octanol–water partition coefficient (Wildman–Crippen LogP) is 3.47. The van der Waals surface area contributed by atoms with Crippen LogP contribution in [0.2, 0.25) is 0 Å². The minimum atomic E-state index is 0.325. The Hall–Kier alpha value is -2.47. The van der Waals surface area contributed by atoms with E-state index in [1.165, 1.54) is 11.8 Å². The predicted molar refractivity (Wildman–Crippen MR) is 83.3 cm³/mol. The number of thioether (sulfide) groups is 1. The Morgan fingerprint density at radius 1 is 1.05 bits per heavy atom. The highest BCUT2D eigenvalue weighted by Gasteiger charge is 2.07. The van der Waals surface area contributed by atoms with Crippen LogP contribution < -0.4 is 10.5 Å². The molecule has 0 aliphatic carbocycles. The molecule has 0 aliphatic heterocycles. The van der Waals surface area contributed by atoms with Gasteiger partial charge in [0, 0.05) is 11.3 Å². The molecule has 0 saturated carbocycles. The number of benzene rings is 2. The highest BCUT2D eigenvalue weighted by Crippen LogP contribution is 2.29. The molecule has 5 nitrogen and oxygen atoms in total. The number of nitrogens with two attached hydrogens (primary N) is 1. The highest BCUT2D eigenvalue weighted by atomic mass is 32.2. The van der Waals surface area contributed by atoms with Crippen LogP contribution in [0.3, 0.4) is 0 Å². The van der Waals surface area contributed by atoms with Gasteiger partial charge < -0.3 is 10.5 Å². The van der Waals surface area contributed by atoms with Gasteiger partial charge in [0.25, 0.3) is 0 Å². The standard InChI is InChI=1S/C15H14N4OS/c16-14-17-15(19-18-14)21-10-11-6-4-5-9-13(11)20-12-7-2-1-3-8-12/h1-9H,10H2,(H3,16,17,18,19). The van der Waals surface area contributed by atoms with Crippen LogP contribution in [0, 0.1) is 0 Å². The van der Waals surface area contributed by atoms with Gasteiger partial charge in [-0.3, -0.25) is 0 Å². The van der Waals surface area contributed by atoms with Crippen molar-refractivity contribution in [3.8, 4) is 11.5 Å². The molecule has 0 saturated heterocycles. The van der Waals surface area contributed by atoms with E-state index in [2.05, 4.69) is 15.2 Å². The largest absolute Gasteiger partial charge is 0.457 e. The molecule has 6 heteroatoms. The molecular formula is C15H14N4OS. The first kappa shape index (κ1) is 13.5. The zero-order chi connectivity index (χ0) is 14.5. The molecule has 1 heterocycles. The van der Waals surface area contributed by atoms with Crippen LogP contribution in [0.5, 0.6) is 11.5 Å². The van der Waals surface area contributed by atoms with Crippen LogP contribution in [0.1, 0.15) is 5.56 Å². The van der Waals surface area contributed by atoms with Crippen LogP contribution >= 0.6 is 11.8 Å². The van der Waals surface area contributed by atoms with Crippen molar-refractivity contribution in [1.82, 2.24) is 15.2 Å². The molecule has 21 heavy (non-hydrogen) atoms. The van der Waals surface area contributed by atoms with Crippen molar-refractivity contribution in [2.45, 2.75) is 10.9 Å². The lowest BCUT2D eigenvalue weighted by Crippen LogP contribution is -1.90. The van der Waals surface area contributed by atoms with E-state index < -0.39 is 0 Å². The third kappa shape index (κ3) is 3.55. The summed E-state index contributed by atoms with van der Waals surface area (Å²) in [6, 6.07) is 17.6. The van der Waals surface area contributed by atoms with Gasteiger partial charge in [-0.25, -0.2) is 5.10 Å². The molecule has 0 aliphatic rings. The van der Waals surface area contributed by atoms with Gasteiger partial charge >= 0.3 is 0 Å². The lowest BCUT2D eigenvalue weighted by atomic mass is 10.2. The van der Waals surface area contributed by atoms with E-state index in [0.717, 1.165) is 17.1 Å². The summed E-state index contributed by atoms with van der Waals surface area (Å²) in [5.41, 5.74) is 6.59. The summed E-state index contributed by atoms with van der Waals surface area (Å²) in [6.45, 7) is 0. The summed E-state index contributed by atoms with van der Waals surface area (Å²) < 4.78 is 5.92. The topological polar surface area (TPSA) is 76.8 Å². The van der Waals surface area contributed by atoms with Crippen LogP contribution in [-0.2, 0) is 5.75 Å². The molecule has 0 unspecified atom stereocenters. The van der Waals surface area contributed by atoms with Crippen LogP contribution in [0.4, 0.5) is 5.95 Å². The minimum Gasteiger partial charge on any atom is -0.457 e. The van der Waals surface area contributed by atoms with Crippen molar-refractivity contribution >= 4 is 17.7 Å². The lowest BCUT2D eigenvalue weighted by molar-refractivity contribution is 0.478. The lowest BCUT2D eigenvalue weighted by Gasteiger charge is -2.10. The van der Waals surface area contributed by atoms with Gasteiger partial charge in [0.2, 0.25) is 11.1 Å². The minimum absolute atomic E-state index is 0.325. The molecule has 0 spiro atoms. The maximum atomic E-state index is 5.92. The van der Waals surface area contributed by atoms with Gasteiger partial charge in [-0.1, -0.05) is 48.2 Å². The molecule has 106 valence electrons. The maximum absolute atomic E-state index is 5.92. The molecule has 1 aromatic heterocycles. The van der Waals surface area contributed by atoms with Gasteiger partial charge in [-0.2, -0.15) is 4.98 Å². The van der Waals surface area contributed by atoms with Gasteiger partial charge in [-0.15, -0.1) is 5.10 Å². The Bertz CT molecular complexity index is 714. The Morgan fingerprint density at radius 2 is 1.81 bits per heavy atom. The quantitative estimate of drug-likeness (QED) is 0.705. The maximum Gasteiger partial charge on any atom is 0.216 e. The first-order chi connectivity index (χ1) is 10.3. The van der Waals surface area contributed by atoms with Crippen LogP contribution in [0.25, 0.3) is 0 Å². The monoisotopic (exact) mass is 298 g/mol. The number of nitrogens with one attached hydrogen (secondary N) is 1. The molecule has 2 aromatic carbocycles. The SMILES string of the molecule is Nc1nc(SCc2ccccc2Oc2ccccc2)n[nH]1. The van der Waals surface area contributed by atoms with E-state index in [9.17, 15) is 0 Å². The number of aromatic amines is 1. The fraction of sp³-hybridized carbons (Fsp3) is 0.0667. The fourth-order valence-corrected chi connectivity index (χ4v) is 2.60. The summed E-state index contributed by atoms with van der Waals surface area (Å²) in [7, 11) is 0. The fourth-order valence-electron chi connectivity index (χ4n) is 1.80. The molecule has 0 fully saturated rings. The second kappa shape index (κ2) is 6.32. The highest BCUT2D eigenvalue weighted by molar-refractivity contribution is 7.98. The van der Waals surface area contributed by atoms with Gasteiger partial charge in [0.1, 0.15) is 11.5 Å². The van der Waals surface area contributed by atoms with Crippen molar-refractivity contribution in [1.29, 1.82) is 0 Å². The number of anilines is 1. The molecule has 0 bridgehead atoms. The first-order valence-electron chi connectivity index (χ1n) is 6.43.